The first kappa shape index (κ1) is 15.4. The Labute approximate surface area is 138 Å². The van der Waals surface area contributed by atoms with Crippen molar-refractivity contribution in [2.24, 2.45) is 0 Å². The maximum Gasteiger partial charge on any atom is 0.269 e. The summed E-state index contributed by atoms with van der Waals surface area (Å²) in [5, 5.41) is 11.2. The Bertz CT molecular complexity index is 796. The highest BCUT2D eigenvalue weighted by atomic mass is 32.1. The van der Waals surface area contributed by atoms with E-state index in [2.05, 4.69) is 39.1 Å². The molecule has 1 aromatic carbocycles. The lowest BCUT2D eigenvalue weighted by molar-refractivity contribution is 0.102. The smallest absolute Gasteiger partial charge is 0.269 e. The summed E-state index contributed by atoms with van der Waals surface area (Å²) in [6.07, 6.45) is 4.16. The van der Waals surface area contributed by atoms with Gasteiger partial charge in [0.25, 0.3) is 5.91 Å². The standard InChI is InChI=1S/C16H17N5OS/c1-3-14-15(23-20-19-14)16(22)18-13-9-17-21(10-13)11(2)12-7-5-4-6-8-12/h4-11H,3H2,1-2H3,(H,18,22). The van der Waals surface area contributed by atoms with Gasteiger partial charge in [-0.2, -0.15) is 5.10 Å². The van der Waals surface area contributed by atoms with E-state index >= 15 is 0 Å². The predicted molar refractivity (Wildman–Crippen MR) is 89.7 cm³/mol. The molecule has 0 saturated heterocycles. The second-order valence-corrected chi connectivity index (χ2v) is 5.91. The molecule has 0 aliphatic heterocycles. The van der Waals surface area contributed by atoms with Crippen molar-refractivity contribution in [1.82, 2.24) is 19.4 Å². The zero-order valence-corrected chi connectivity index (χ0v) is 13.7. The average Bonchev–Trinajstić information content (AvgIpc) is 3.23. The third-order valence-electron chi connectivity index (χ3n) is 3.64. The molecule has 1 N–H and O–H groups in total. The number of benzene rings is 1. The van der Waals surface area contributed by atoms with E-state index in [0.29, 0.717) is 17.0 Å². The first-order chi connectivity index (χ1) is 11.2. The predicted octanol–water partition coefficient (Wildman–Crippen LogP) is 3.16. The highest BCUT2D eigenvalue weighted by molar-refractivity contribution is 7.08. The van der Waals surface area contributed by atoms with E-state index < -0.39 is 0 Å². The van der Waals surface area contributed by atoms with E-state index in [0.717, 1.165) is 22.8 Å². The Morgan fingerprint density at radius 2 is 2.13 bits per heavy atom. The second kappa shape index (κ2) is 6.70. The van der Waals surface area contributed by atoms with Crippen LogP contribution in [0.15, 0.2) is 42.7 Å². The third-order valence-corrected chi connectivity index (χ3v) is 4.40. The van der Waals surface area contributed by atoms with E-state index in [4.69, 9.17) is 0 Å². The fourth-order valence-corrected chi connectivity index (χ4v) is 2.94. The minimum atomic E-state index is -0.191. The lowest BCUT2D eigenvalue weighted by atomic mass is 10.1. The van der Waals surface area contributed by atoms with Crippen LogP contribution in [0.5, 0.6) is 0 Å². The fraction of sp³-hybridized carbons (Fsp3) is 0.250. The molecule has 0 aliphatic rings. The monoisotopic (exact) mass is 327 g/mol. The zero-order valence-electron chi connectivity index (χ0n) is 12.9. The first-order valence-corrected chi connectivity index (χ1v) is 8.18. The molecular weight excluding hydrogens is 310 g/mol. The molecule has 0 radical (unpaired) electrons. The molecule has 1 atom stereocenters. The molecule has 3 aromatic rings. The summed E-state index contributed by atoms with van der Waals surface area (Å²) in [4.78, 5) is 12.8. The average molecular weight is 327 g/mol. The number of hydrogen-bond acceptors (Lipinski definition) is 5. The molecule has 1 amide bonds. The molecule has 2 aromatic heterocycles. The van der Waals surface area contributed by atoms with Gasteiger partial charge >= 0.3 is 0 Å². The summed E-state index contributed by atoms with van der Waals surface area (Å²) < 4.78 is 5.67. The molecule has 0 spiro atoms. The van der Waals surface area contributed by atoms with Gasteiger partial charge in [-0.25, -0.2) is 0 Å². The number of rotatable bonds is 5. The lowest BCUT2D eigenvalue weighted by Gasteiger charge is -2.12. The van der Waals surface area contributed by atoms with E-state index in [9.17, 15) is 4.79 Å². The summed E-state index contributed by atoms with van der Waals surface area (Å²) in [7, 11) is 0. The van der Waals surface area contributed by atoms with Gasteiger partial charge in [0.2, 0.25) is 0 Å². The number of aryl methyl sites for hydroxylation is 1. The van der Waals surface area contributed by atoms with Gasteiger partial charge < -0.3 is 5.32 Å². The summed E-state index contributed by atoms with van der Waals surface area (Å²) in [5.41, 5.74) is 2.54. The summed E-state index contributed by atoms with van der Waals surface area (Å²) in [5.74, 6) is -0.191. The molecule has 118 valence electrons. The largest absolute Gasteiger partial charge is 0.318 e. The van der Waals surface area contributed by atoms with E-state index in [-0.39, 0.29) is 11.9 Å². The van der Waals surface area contributed by atoms with Gasteiger partial charge in [0, 0.05) is 6.20 Å². The van der Waals surface area contributed by atoms with Crippen molar-refractivity contribution in [3.63, 3.8) is 0 Å². The topological polar surface area (TPSA) is 72.7 Å². The Hall–Kier alpha value is -2.54. The number of carbonyl (C=O) groups is 1. The SMILES string of the molecule is CCc1nnsc1C(=O)Nc1cnn(C(C)c2ccccc2)c1. The molecule has 7 heteroatoms. The van der Waals surface area contributed by atoms with Crippen LogP contribution >= 0.6 is 11.5 Å². The number of nitrogens with one attached hydrogen (secondary N) is 1. The highest BCUT2D eigenvalue weighted by Crippen LogP contribution is 2.19. The van der Waals surface area contributed by atoms with Gasteiger partial charge in [-0.05, 0) is 30.4 Å². The summed E-state index contributed by atoms with van der Waals surface area (Å²) in [6, 6.07) is 10.2. The van der Waals surface area contributed by atoms with Crippen molar-refractivity contribution in [2.45, 2.75) is 26.3 Å². The zero-order chi connectivity index (χ0) is 16.2. The number of carbonyl (C=O) groups excluding carboxylic acids is 1. The van der Waals surface area contributed by atoms with Crippen LogP contribution in [0.2, 0.25) is 0 Å². The normalized spacial score (nSPS) is 12.1. The van der Waals surface area contributed by atoms with Crippen LogP contribution in [0.1, 0.15) is 40.8 Å². The van der Waals surface area contributed by atoms with E-state index in [1.54, 1.807) is 6.20 Å². The van der Waals surface area contributed by atoms with Crippen molar-refractivity contribution in [3.05, 3.63) is 58.9 Å². The van der Waals surface area contributed by atoms with Crippen LogP contribution in [-0.2, 0) is 6.42 Å². The maximum absolute atomic E-state index is 12.3. The Morgan fingerprint density at radius 1 is 1.35 bits per heavy atom. The van der Waals surface area contributed by atoms with Crippen LogP contribution in [0, 0.1) is 0 Å². The molecule has 6 nitrogen and oxygen atoms in total. The number of nitrogens with zero attached hydrogens (tertiary/aromatic N) is 4. The highest BCUT2D eigenvalue weighted by Gasteiger charge is 2.16. The Kier molecular flexibility index (Phi) is 4.47. The first-order valence-electron chi connectivity index (χ1n) is 7.40. The van der Waals surface area contributed by atoms with E-state index in [1.165, 1.54) is 0 Å². The van der Waals surface area contributed by atoms with Gasteiger partial charge in [-0.15, -0.1) is 5.10 Å². The van der Waals surface area contributed by atoms with Crippen LogP contribution in [0.3, 0.4) is 0 Å². The quantitative estimate of drug-likeness (QED) is 0.781. The van der Waals surface area contributed by atoms with Crippen LogP contribution in [-0.4, -0.2) is 25.3 Å². The lowest BCUT2D eigenvalue weighted by Crippen LogP contribution is -2.12. The van der Waals surface area contributed by atoms with Gasteiger partial charge in [0.05, 0.1) is 23.6 Å². The van der Waals surface area contributed by atoms with Crippen molar-refractivity contribution in [2.75, 3.05) is 5.32 Å². The maximum atomic E-state index is 12.3. The Morgan fingerprint density at radius 3 is 2.87 bits per heavy atom. The molecule has 0 saturated carbocycles. The molecule has 0 aliphatic carbocycles. The van der Waals surface area contributed by atoms with Crippen molar-refractivity contribution < 1.29 is 4.79 Å². The molecule has 0 bridgehead atoms. The molecule has 0 fully saturated rings. The summed E-state index contributed by atoms with van der Waals surface area (Å²) >= 11 is 1.11. The number of aromatic nitrogens is 4. The van der Waals surface area contributed by atoms with Gasteiger partial charge in [-0.3, -0.25) is 9.48 Å². The van der Waals surface area contributed by atoms with Gasteiger partial charge in [0.1, 0.15) is 4.88 Å². The van der Waals surface area contributed by atoms with Crippen molar-refractivity contribution in [3.8, 4) is 0 Å². The summed E-state index contributed by atoms with van der Waals surface area (Å²) in [6.45, 7) is 4.02. The van der Waals surface area contributed by atoms with Crippen LogP contribution in [0.25, 0.3) is 0 Å². The van der Waals surface area contributed by atoms with Gasteiger partial charge in [0.15, 0.2) is 0 Å². The van der Waals surface area contributed by atoms with Gasteiger partial charge in [-0.1, -0.05) is 41.7 Å². The van der Waals surface area contributed by atoms with Crippen molar-refractivity contribution in [1.29, 1.82) is 0 Å². The second-order valence-electron chi connectivity index (χ2n) is 5.15. The molecule has 2 heterocycles. The number of amides is 1. The molecule has 1 unspecified atom stereocenters. The fourth-order valence-electron chi connectivity index (χ4n) is 2.30. The Balaban J connectivity index is 1.74. The van der Waals surface area contributed by atoms with Crippen molar-refractivity contribution >= 4 is 23.1 Å². The van der Waals surface area contributed by atoms with Crippen LogP contribution < -0.4 is 5.32 Å². The molecular formula is C16H17N5OS. The molecule has 3 rings (SSSR count). The number of hydrogen-bond donors (Lipinski definition) is 1. The molecule has 23 heavy (non-hydrogen) atoms. The minimum absolute atomic E-state index is 0.0955. The van der Waals surface area contributed by atoms with Crippen LogP contribution in [0.4, 0.5) is 5.69 Å². The number of anilines is 1. The third kappa shape index (κ3) is 3.29. The van der Waals surface area contributed by atoms with E-state index in [1.807, 2.05) is 36.0 Å². The minimum Gasteiger partial charge on any atom is -0.318 e.